The zero-order valence-corrected chi connectivity index (χ0v) is 14.6. The van der Waals surface area contributed by atoms with Gasteiger partial charge in [-0.1, -0.05) is 12.7 Å². The van der Waals surface area contributed by atoms with E-state index in [1.54, 1.807) is 17.5 Å². The number of rotatable bonds is 4. The molecule has 6 heteroatoms. The molecular weight excluding hydrogens is 328 g/mol. The van der Waals surface area contributed by atoms with E-state index in [1.165, 1.54) is 6.08 Å². The van der Waals surface area contributed by atoms with E-state index in [0.29, 0.717) is 0 Å². The second kappa shape index (κ2) is 6.63. The summed E-state index contributed by atoms with van der Waals surface area (Å²) in [6, 6.07) is 3.92. The molecular formula is C20H20N4O2. The molecule has 0 radical (unpaired) electrons. The molecule has 132 valence electrons. The van der Waals surface area contributed by atoms with Gasteiger partial charge < -0.3 is 14.3 Å². The minimum absolute atomic E-state index is 0.0537. The molecule has 1 aliphatic carbocycles. The SMILES string of the molecule is C=CC(=O)N(C)[C@H]1CCC=C(c2ncnc3[nH]cc(-c4ccco4)c23)C1. The van der Waals surface area contributed by atoms with E-state index in [2.05, 4.69) is 27.6 Å². The van der Waals surface area contributed by atoms with Crippen LogP contribution in [0.25, 0.3) is 27.9 Å². The molecule has 1 amide bonds. The van der Waals surface area contributed by atoms with E-state index in [0.717, 1.165) is 52.9 Å². The second-order valence-electron chi connectivity index (χ2n) is 6.44. The summed E-state index contributed by atoms with van der Waals surface area (Å²) in [5.74, 6) is 0.723. The monoisotopic (exact) mass is 348 g/mol. The van der Waals surface area contributed by atoms with Crippen LogP contribution >= 0.6 is 0 Å². The second-order valence-corrected chi connectivity index (χ2v) is 6.44. The highest BCUT2D eigenvalue weighted by Gasteiger charge is 2.25. The van der Waals surface area contributed by atoms with Crippen LogP contribution in [0.4, 0.5) is 0 Å². The first-order valence-corrected chi connectivity index (χ1v) is 8.63. The number of aromatic nitrogens is 3. The third kappa shape index (κ3) is 2.73. The lowest BCUT2D eigenvalue weighted by Crippen LogP contribution is -2.37. The van der Waals surface area contributed by atoms with Crippen molar-refractivity contribution in [3.63, 3.8) is 0 Å². The molecule has 0 unspecified atom stereocenters. The van der Waals surface area contributed by atoms with Crippen molar-refractivity contribution in [2.75, 3.05) is 7.05 Å². The first-order valence-electron chi connectivity index (χ1n) is 8.63. The van der Waals surface area contributed by atoms with E-state index >= 15 is 0 Å². The molecule has 0 bridgehead atoms. The summed E-state index contributed by atoms with van der Waals surface area (Å²) < 4.78 is 5.57. The quantitative estimate of drug-likeness (QED) is 0.728. The molecule has 0 saturated carbocycles. The molecule has 1 atom stereocenters. The van der Waals surface area contributed by atoms with E-state index in [1.807, 2.05) is 25.4 Å². The Bertz CT molecular complexity index is 985. The van der Waals surface area contributed by atoms with Gasteiger partial charge in [0.2, 0.25) is 5.91 Å². The van der Waals surface area contributed by atoms with Crippen LogP contribution in [0.5, 0.6) is 0 Å². The van der Waals surface area contributed by atoms with Crippen molar-refractivity contribution < 1.29 is 9.21 Å². The number of likely N-dealkylation sites (N-methyl/N-ethyl adjacent to an activating group) is 1. The Morgan fingerprint density at radius 3 is 3.12 bits per heavy atom. The van der Waals surface area contributed by atoms with Crippen molar-refractivity contribution in [2.45, 2.75) is 25.3 Å². The normalized spacial score (nSPS) is 17.1. The number of fused-ring (bicyclic) bond motifs is 1. The van der Waals surface area contributed by atoms with Gasteiger partial charge in [-0.2, -0.15) is 0 Å². The smallest absolute Gasteiger partial charge is 0.245 e. The van der Waals surface area contributed by atoms with Gasteiger partial charge in [0, 0.05) is 24.8 Å². The molecule has 0 saturated heterocycles. The first kappa shape index (κ1) is 16.3. The fraction of sp³-hybridized carbons (Fsp3) is 0.250. The van der Waals surface area contributed by atoms with Crippen LogP contribution in [0.1, 0.15) is 25.0 Å². The average molecular weight is 348 g/mol. The maximum absolute atomic E-state index is 12.0. The van der Waals surface area contributed by atoms with Crippen molar-refractivity contribution in [3.05, 3.63) is 55.3 Å². The Morgan fingerprint density at radius 1 is 1.46 bits per heavy atom. The number of nitrogens with zero attached hydrogens (tertiary/aromatic N) is 3. The Hall–Kier alpha value is -3.15. The van der Waals surface area contributed by atoms with E-state index in [4.69, 9.17) is 4.42 Å². The van der Waals surface area contributed by atoms with Crippen molar-refractivity contribution in [1.82, 2.24) is 19.9 Å². The lowest BCUT2D eigenvalue weighted by molar-refractivity contribution is -0.126. The first-order chi connectivity index (χ1) is 12.7. The van der Waals surface area contributed by atoms with Crippen LogP contribution in [0.3, 0.4) is 0 Å². The van der Waals surface area contributed by atoms with Crippen molar-refractivity contribution in [3.8, 4) is 11.3 Å². The largest absolute Gasteiger partial charge is 0.464 e. The van der Waals surface area contributed by atoms with Crippen LogP contribution in [-0.4, -0.2) is 38.8 Å². The van der Waals surface area contributed by atoms with Gasteiger partial charge in [-0.15, -0.1) is 0 Å². The maximum Gasteiger partial charge on any atom is 0.245 e. The predicted molar refractivity (Wildman–Crippen MR) is 100 cm³/mol. The third-order valence-corrected chi connectivity index (χ3v) is 4.98. The number of carbonyl (C=O) groups is 1. The van der Waals surface area contributed by atoms with Gasteiger partial charge >= 0.3 is 0 Å². The molecule has 6 nitrogen and oxygen atoms in total. The molecule has 4 rings (SSSR count). The third-order valence-electron chi connectivity index (χ3n) is 4.98. The number of H-pyrrole nitrogens is 1. The fourth-order valence-corrected chi connectivity index (χ4v) is 3.57. The Balaban J connectivity index is 1.75. The van der Waals surface area contributed by atoms with Crippen LogP contribution in [0.2, 0.25) is 0 Å². The highest BCUT2D eigenvalue weighted by atomic mass is 16.3. The molecule has 3 aromatic heterocycles. The number of furan rings is 1. The number of nitrogens with one attached hydrogen (secondary N) is 1. The molecule has 3 heterocycles. The Morgan fingerprint density at radius 2 is 2.35 bits per heavy atom. The van der Waals surface area contributed by atoms with Gasteiger partial charge in [-0.05, 0) is 43.0 Å². The number of aromatic amines is 1. The van der Waals surface area contributed by atoms with Crippen molar-refractivity contribution in [2.24, 2.45) is 0 Å². The topological polar surface area (TPSA) is 75.0 Å². The van der Waals surface area contributed by atoms with Crippen LogP contribution < -0.4 is 0 Å². The maximum atomic E-state index is 12.0. The van der Waals surface area contributed by atoms with E-state index in [-0.39, 0.29) is 11.9 Å². The molecule has 0 aliphatic heterocycles. The number of hydrogen-bond acceptors (Lipinski definition) is 4. The molecule has 0 aromatic carbocycles. The molecule has 26 heavy (non-hydrogen) atoms. The predicted octanol–water partition coefficient (Wildman–Crippen LogP) is 3.80. The summed E-state index contributed by atoms with van der Waals surface area (Å²) in [7, 11) is 1.83. The zero-order valence-electron chi connectivity index (χ0n) is 14.6. The van der Waals surface area contributed by atoms with Gasteiger partial charge in [0.05, 0.1) is 17.3 Å². The van der Waals surface area contributed by atoms with Crippen molar-refractivity contribution in [1.29, 1.82) is 0 Å². The standard InChI is InChI=1S/C20H20N4O2/c1-3-17(25)24(2)14-7-4-6-13(10-14)19-18-15(16-8-5-9-26-16)11-21-20(18)23-12-22-19/h3,5-6,8-9,11-12,14H,1,4,7,10H2,2H3,(H,21,22,23)/t14-/m0/s1. The van der Waals surface area contributed by atoms with Gasteiger partial charge in [-0.3, -0.25) is 4.79 Å². The van der Waals surface area contributed by atoms with Crippen LogP contribution in [0.15, 0.2) is 54.1 Å². The van der Waals surface area contributed by atoms with Gasteiger partial charge in [0.1, 0.15) is 17.7 Å². The molecule has 0 spiro atoms. The number of carbonyl (C=O) groups excluding carboxylic acids is 1. The minimum atomic E-state index is -0.0537. The highest BCUT2D eigenvalue weighted by Crippen LogP contribution is 2.36. The summed E-state index contributed by atoms with van der Waals surface area (Å²) in [4.78, 5) is 25.9. The fourth-order valence-electron chi connectivity index (χ4n) is 3.57. The summed E-state index contributed by atoms with van der Waals surface area (Å²) in [5.41, 5.74) is 3.75. The number of amides is 1. The van der Waals surface area contributed by atoms with Crippen molar-refractivity contribution >= 4 is 22.5 Å². The number of allylic oxidation sites excluding steroid dienone is 1. The molecule has 0 fully saturated rings. The summed E-state index contributed by atoms with van der Waals surface area (Å²) in [6.07, 6.45) is 11.3. The summed E-state index contributed by atoms with van der Waals surface area (Å²) in [6.45, 7) is 3.59. The zero-order chi connectivity index (χ0) is 18.1. The van der Waals surface area contributed by atoms with Gasteiger partial charge in [-0.25, -0.2) is 9.97 Å². The average Bonchev–Trinajstić information content (AvgIpc) is 3.35. The van der Waals surface area contributed by atoms with E-state index < -0.39 is 0 Å². The lowest BCUT2D eigenvalue weighted by atomic mass is 9.90. The lowest BCUT2D eigenvalue weighted by Gasteiger charge is -2.30. The summed E-state index contributed by atoms with van der Waals surface area (Å²) >= 11 is 0. The van der Waals surface area contributed by atoms with Gasteiger partial charge in [0.15, 0.2) is 0 Å². The summed E-state index contributed by atoms with van der Waals surface area (Å²) in [5, 5.41) is 0.951. The number of hydrogen-bond donors (Lipinski definition) is 1. The Labute approximate surface area is 151 Å². The highest BCUT2D eigenvalue weighted by molar-refractivity contribution is 5.99. The molecule has 1 aliphatic rings. The molecule has 1 N–H and O–H groups in total. The molecule has 3 aromatic rings. The van der Waals surface area contributed by atoms with E-state index in [9.17, 15) is 4.79 Å². The van der Waals surface area contributed by atoms with Crippen LogP contribution in [-0.2, 0) is 4.79 Å². The van der Waals surface area contributed by atoms with Gasteiger partial charge in [0.25, 0.3) is 0 Å². The minimum Gasteiger partial charge on any atom is -0.464 e. The van der Waals surface area contributed by atoms with Crippen LogP contribution in [0, 0.1) is 0 Å². The Kier molecular flexibility index (Phi) is 4.16.